The average Bonchev–Trinajstić information content (AvgIpc) is 2.79. The quantitative estimate of drug-likeness (QED) is 0.712. The fraction of sp³-hybridized carbons (Fsp3) is 0.133. The third-order valence-corrected chi connectivity index (χ3v) is 3.30. The maximum Gasteiger partial charge on any atom is 0.159 e. The van der Waals surface area contributed by atoms with Crippen molar-refractivity contribution in [2.45, 2.75) is 13.8 Å². The van der Waals surface area contributed by atoms with Gasteiger partial charge in [0.1, 0.15) is 5.76 Å². The Hall–Kier alpha value is -2.20. The Morgan fingerprint density at radius 3 is 2.45 bits per heavy atom. The lowest BCUT2D eigenvalue weighted by Crippen LogP contribution is -1.92. The van der Waals surface area contributed by atoms with Crippen LogP contribution >= 0.6 is 11.6 Å². The lowest BCUT2D eigenvalue weighted by Gasteiger charge is -2.03. The van der Waals surface area contributed by atoms with E-state index in [2.05, 4.69) is 15.1 Å². The molecule has 0 unspecified atom stereocenters. The first-order valence-corrected chi connectivity index (χ1v) is 6.55. The van der Waals surface area contributed by atoms with Crippen LogP contribution in [0.1, 0.15) is 11.5 Å². The van der Waals surface area contributed by atoms with Gasteiger partial charge in [-0.1, -0.05) is 16.8 Å². The van der Waals surface area contributed by atoms with E-state index in [1.165, 1.54) is 0 Å². The molecule has 0 aliphatic rings. The molecule has 3 aromatic rings. The van der Waals surface area contributed by atoms with Crippen LogP contribution in [0.4, 0.5) is 0 Å². The van der Waals surface area contributed by atoms with Gasteiger partial charge in [0, 0.05) is 16.8 Å². The molecule has 0 aliphatic heterocycles. The number of nitrogens with zero attached hydrogens (tertiary/aromatic N) is 3. The van der Waals surface area contributed by atoms with Crippen LogP contribution in [0.5, 0.6) is 0 Å². The summed E-state index contributed by atoms with van der Waals surface area (Å²) in [4.78, 5) is 8.89. The second kappa shape index (κ2) is 5.06. The van der Waals surface area contributed by atoms with E-state index in [-0.39, 0.29) is 0 Å². The van der Waals surface area contributed by atoms with E-state index in [0.717, 1.165) is 28.3 Å². The van der Waals surface area contributed by atoms with E-state index < -0.39 is 0 Å². The number of hydrogen-bond acceptors (Lipinski definition) is 4. The first-order chi connectivity index (χ1) is 9.65. The molecule has 0 atom stereocenters. The highest BCUT2D eigenvalue weighted by atomic mass is 35.5. The first-order valence-electron chi connectivity index (χ1n) is 6.17. The third kappa shape index (κ3) is 2.30. The van der Waals surface area contributed by atoms with Crippen LogP contribution in [0, 0.1) is 13.8 Å². The van der Waals surface area contributed by atoms with Crippen molar-refractivity contribution >= 4 is 11.6 Å². The van der Waals surface area contributed by atoms with Crippen LogP contribution in [0.2, 0.25) is 5.02 Å². The van der Waals surface area contributed by atoms with Gasteiger partial charge in [0.25, 0.3) is 0 Å². The van der Waals surface area contributed by atoms with Gasteiger partial charge in [0.2, 0.25) is 0 Å². The van der Waals surface area contributed by atoms with Crippen molar-refractivity contribution in [2.75, 3.05) is 0 Å². The lowest BCUT2D eigenvalue weighted by atomic mass is 10.1. The van der Waals surface area contributed by atoms with Gasteiger partial charge in [0.05, 0.1) is 17.0 Å². The SMILES string of the molecule is Cc1noc(C)c1-c1ccnc(-c2ccc(Cl)cc2)n1. The highest BCUT2D eigenvalue weighted by molar-refractivity contribution is 6.30. The van der Waals surface area contributed by atoms with Gasteiger partial charge >= 0.3 is 0 Å². The molecular weight excluding hydrogens is 274 g/mol. The summed E-state index contributed by atoms with van der Waals surface area (Å²) in [6.45, 7) is 3.77. The number of hydrogen-bond donors (Lipinski definition) is 0. The van der Waals surface area contributed by atoms with Gasteiger partial charge < -0.3 is 4.52 Å². The first kappa shape index (κ1) is 12.8. The maximum atomic E-state index is 5.89. The van der Waals surface area contributed by atoms with E-state index in [1.54, 1.807) is 6.20 Å². The number of halogens is 1. The minimum absolute atomic E-state index is 0.652. The molecule has 0 amide bonds. The van der Waals surface area contributed by atoms with Gasteiger partial charge in [-0.15, -0.1) is 0 Å². The summed E-state index contributed by atoms with van der Waals surface area (Å²) in [5.41, 5.74) is 3.47. The third-order valence-electron chi connectivity index (χ3n) is 3.05. The molecule has 0 saturated heterocycles. The smallest absolute Gasteiger partial charge is 0.159 e. The summed E-state index contributed by atoms with van der Waals surface area (Å²) >= 11 is 5.89. The Labute approximate surface area is 121 Å². The number of rotatable bonds is 2. The lowest BCUT2D eigenvalue weighted by molar-refractivity contribution is 0.393. The molecule has 2 aromatic heterocycles. The van der Waals surface area contributed by atoms with Gasteiger partial charge in [0.15, 0.2) is 5.82 Å². The fourth-order valence-electron chi connectivity index (χ4n) is 2.08. The maximum absolute atomic E-state index is 5.89. The van der Waals surface area contributed by atoms with Crippen LogP contribution in [0.15, 0.2) is 41.1 Å². The molecular formula is C15H12ClN3O. The van der Waals surface area contributed by atoms with Gasteiger partial charge in [-0.25, -0.2) is 9.97 Å². The molecule has 5 heteroatoms. The predicted octanol–water partition coefficient (Wildman–Crippen LogP) is 4.07. The van der Waals surface area contributed by atoms with E-state index in [4.69, 9.17) is 16.1 Å². The van der Waals surface area contributed by atoms with E-state index in [0.29, 0.717) is 10.8 Å². The minimum Gasteiger partial charge on any atom is -0.361 e. The Kier molecular flexibility index (Phi) is 3.24. The Bertz CT molecular complexity index is 731. The molecule has 0 radical (unpaired) electrons. The summed E-state index contributed by atoms with van der Waals surface area (Å²) < 4.78 is 5.18. The summed E-state index contributed by atoms with van der Waals surface area (Å²) in [5.74, 6) is 1.41. The number of benzene rings is 1. The zero-order chi connectivity index (χ0) is 14.1. The normalized spacial score (nSPS) is 10.8. The minimum atomic E-state index is 0.652. The molecule has 2 heterocycles. The van der Waals surface area contributed by atoms with Crippen LogP contribution in [0.3, 0.4) is 0 Å². The molecule has 0 saturated carbocycles. The van der Waals surface area contributed by atoms with Crippen molar-refractivity contribution in [2.24, 2.45) is 0 Å². The molecule has 3 rings (SSSR count). The highest BCUT2D eigenvalue weighted by Gasteiger charge is 2.13. The molecule has 1 aromatic carbocycles. The molecule has 0 fully saturated rings. The molecule has 0 spiro atoms. The van der Waals surface area contributed by atoms with Crippen molar-refractivity contribution in [1.82, 2.24) is 15.1 Å². The largest absolute Gasteiger partial charge is 0.361 e. The van der Waals surface area contributed by atoms with Gasteiger partial charge in [-0.2, -0.15) is 0 Å². The highest BCUT2D eigenvalue weighted by Crippen LogP contribution is 2.26. The Balaban J connectivity index is 2.08. The van der Waals surface area contributed by atoms with Crippen LogP contribution < -0.4 is 0 Å². The van der Waals surface area contributed by atoms with Crippen LogP contribution in [0.25, 0.3) is 22.6 Å². The summed E-state index contributed by atoms with van der Waals surface area (Å²) in [6, 6.07) is 9.29. The Morgan fingerprint density at radius 1 is 1.05 bits per heavy atom. The second-order valence-corrected chi connectivity index (χ2v) is 4.91. The molecule has 0 aliphatic carbocycles. The topological polar surface area (TPSA) is 51.8 Å². The summed E-state index contributed by atoms with van der Waals surface area (Å²) in [7, 11) is 0. The fourth-order valence-corrected chi connectivity index (χ4v) is 2.21. The van der Waals surface area contributed by atoms with Crippen molar-refractivity contribution in [3.8, 4) is 22.6 Å². The van der Waals surface area contributed by atoms with Crippen molar-refractivity contribution in [3.05, 3.63) is 53.0 Å². The standard InChI is InChI=1S/C15H12ClN3O/c1-9-14(10(2)20-19-9)13-7-8-17-15(18-13)11-3-5-12(16)6-4-11/h3-8H,1-2H3. The molecule has 4 nitrogen and oxygen atoms in total. The Morgan fingerprint density at radius 2 is 1.80 bits per heavy atom. The van der Waals surface area contributed by atoms with Crippen molar-refractivity contribution in [1.29, 1.82) is 0 Å². The zero-order valence-corrected chi connectivity index (χ0v) is 11.8. The molecule has 20 heavy (non-hydrogen) atoms. The summed E-state index contributed by atoms with van der Waals surface area (Å²) in [5, 5.41) is 4.64. The van der Waals surface area contributed by atoms with Gasteiger partial charge in [-0.05, 0) is 44.2 Å². The second-order valence-electron chi connectivity index (χ2n) is 4.47. The number of aromatic nitrogens is 3. The van der Waals surface area contributed by atoms with Crippen molar-refractivity contribution < 1.29 is 4.52 Å². The van der Waals surface area contributed by atoms with E-state index in [9.17, 15) is 0 Å². The molecule has 0 N–H and O–H groups in total. The zero-order valence-electron chi connectivity index (χ0n) is 11.1. The predicted molar refractivity (Wildman–Crippen MR) is 77.4 cm³/mol. The van der Waals surface area contributed by atoms with Crippen LogP contribution in [-0.4, -0.2) is 15.1 Å². The molecule has 0 bridgehead atoms. The summed E-state index contributed by atoms with van der Waals surface area (Å²) in [6.07, 6.45) is 1.73. The van der Waals surface area contributed by atoms with E-state index >= 15 is 0 Å². The van der Waals surface area contributed by atoms with Crippen molar-refractivity contribution in [3.63, 3.8) is 0 Å². The van der Waals surface area contributed by atoms with Crippen LogP contribution in [-0.2, 0) is 0 Å². The number of aryl methyl sites for hydroxylation is 2. The van der Waals surface area contributed by atoms with Gasteiger partial charge in [-0.3, -0.25) is 0 Å². The monoisotopic (exact) mass is 285 g/mol. The average molecular weight is 286 g/mol. The van der Waals surface area contributed by atoms with E-state index in [1.807, 2.05) is 44.2 Å². The molecule has 100 valence electrons.